The summed E-state index contributed by atoms with van der Waals surface area (Å²) in [7, 11) is 0. The van der Waals surface area contributed by atoms with Gasteiger partial charge in [-0.25, -0.2) is 0 Å². The monoisotopic (exact) mass is 1620 g/mol. The zero-order chi connectivity index (χ0) is 83.9. The van der Waals surface area contributed by atoms with Crippen LogP contribution in [-0.2, 0) is 10.8 Å². The quantitative estimate of drug-likeness (QED) is 0.127. The Hall–Kier alpha value is -16.3. The molecule has 0 fully saturated rings. The Morgan fingerprint density at radius 2 is 0.469 bits per heavy atom. The Balaban J connectivity index is 0.000000132. The molecular weight excluding hydrogens is 1540 g/mol. The first kappa shape index (κ1) is 72.2. The Morgan fingerprint density at radius 3 is 0.891 bits per heavy atom. The number of anilines is 6. The van der Waals surface area contributed by atoms with Gasteiger partial charge in [0.2, 0.25) is 13.4 Å². The predicted molar refractivity (Wildman–Crippen MR) is 537 cm³/mol. The van der Waals surface area contributed by atoms with E-state index in [1.165, 1.54) is 199 Å². The summed E-state index contributed by atoms with van der Waals surface area (Å²) in [6.45, 7) is 0.231. The van der Waals surface area contributed by atoms with Crippen molar-refractivity contribution in [1.82, 2.24) is 9.13 Å². The molecule has 2 aromatic heterocycles. The highest BCUT2D eigenvalue weighted by atomic mass is 15.1. The minimum atomic E-state index is -0.464. The van der Waals surface area contributed by atoms with Crippen LogP contribution >= 0.6 is 0 Å². The molecular formula is C122H78B2N4. The Kier molecular flexibility index (Phi) is 15.9. The maximum absolute atomic E-state index is 2.54. The molecule has 22 aromatic rings. The van der Waals surface area contributed by atoms with Crippen LogP contribution in [0.1, 0.15) is 44.5 Å². The third-order valence-electron chi connectivity index (χ3n) is 29.0. The van der Waals surface area contributed by atoms with Crippen LogP contribution in [0.25, 0.3) is 122 Å². The fraction of sp³-hybridized carbons (Fsp3) is 0.0164. The second kappa shape index (κ2) is 28.1. The number of hydrogen-bond donors (Lipinski definition) is 0. The van der Waals surface area contributed by atoms with E-state index >= 15 is 0 Å². The highest BCUT2D eigenvalue weighted by molar-refractivity contribution is 7.01. The summed E-state index contributed by atoms with van der Waals surface area (Å²) in [5, 5.41) is 5.11. The first-order chi connectivity index (χ1) is 63.5. The van der Waals surface area contributed by atoms with Gasteiger partial charge in [0.05, 0.1) is 32.9 Å². The lowest BCUT2D eigenvalue weighted by Gasteiger charge is -2.42. The summed E-state index contributed by atoms with van der Waals surface area (Å²) in [6.07, 6.45) is 0. The average molecular weight is 1620 g/mol. The van der Waals surface area contributed by atoms with Gasteiger partial charge in [-0.2, -0.15) is 0 Å². The van der Waals surface area contributed by atoms with E-state index in [2.05, 4.69) is 492 Å². The smallest absolute Gasteiger partial charge is 0.243 e. The molecule has 6 aliphatic rings. The summed E-state index contributed by atoms with van der Waals surface area (Å²) in [6, 6.07) is 176. The fourth-order valence-corrected chi connectivity index (χ4v) is 23.9. The van der Waals surface area contributed by atoms with Gasteiger partial charge in [0.15, 0.2) is 0 Å². The number of nitrogens with zero attached hydrogens (tertiary/aromatic N) is 4. The molecule has 20 aromatic carbocycles. The van der Waals surface area contributed by atoms with Crippen molar-refractivity contribution in [2.45, 2.75) is 10.8 Å². The van der Waals surface area contributed by atoms with E-state index in [-0.39, 0.29) is 13.4 Å². The molecule has 0 amide bonds. The van der Waals surface area contributed by atoms with E-state index < -0.39 is 10.8 Å². The number of para-hydroxylation sites is 8. The molecule has 0 radical (unpaired) electrons. The molecule has 1 unspecified atom stereocenters. The van der Waals surface area contributed by atoms with Crippen LogP contribution in [0.5, 0.6) is 0 Å². The van der Waals surface area contributed by atoms with Crippen molar-refractivity contribution in [3.63, 3.8) is 0 Å². The molecule has 2 aliphatic carbocycles. The molecule has 0 bridgehead atoms. The molecule has 4 aliphatic heterocycles. The van der Waals surface area contributed by atoms with E-state index in [0.717, 1.165) is 34.1 Å². The predicted octanol–water partition coefficient (Wildman–Crippen LogP) is 26.2. The van der Waals surface area contributed by atoms with Gasteiger partial charge in [-0.1, -0.05) is 372 Å². The van der Waals surface area contributed by atoms with Crippen LogP contribution in [0.3, 0.4) is 0 Å². The largest absolute Gasteiger partial charge is 0.311 e. The van der Waals surface area contributed by atoms with Crippen LogP contribution in [0.4, 0.5) is 34.1 Å². The van der Waals surface area contributed by atoms with Gasteiger partial charge in [0.1, 0.15) is 0 Å². The second-order valence-corrected chi connectivity index (χ2v) is 35.1. The zero-order valence-electron chi connectivity index (χ0n) is 70.0. The van der Waals surface area contributed by atoms with Crippen LogP contribution in [0.2, 0.25) is 0 Å². The summed E-state index contributed by atoms with van der Waals surface area (Å²) >= 11 is 0. The average Bonchev–Trinajstić information content (AvgIpc) is 1.49. The van der Waals surface area contributed by atoms with E-state index in [1.807, 2.05) is 0 Å². The standard InChI is InChI=1S/2C61H39BN2/c1-3-16-42(17-4-1)63(43-18-5-2-6-19-43)44-33-30-40(31-34-44)41-32-37-56-51(38-41)50-24-15-27-55-60(50)62(56)57-39-45(64-58-28-13-9-22-48(58)49-23-10-14-29-59(49)64)35-36-54(57)61(55)52-25-11-7-20-46(52)47-21-8-12-26-53(47)61;1-3-16-42(17-4-1)63(43-18-5-2-6-19-43)44-33-30-40(31-34-44)41-32-37-56-51(38-41)49-23-15-26-55-60(49)62(56)57-27-12-11-25-54(57)61(55)52-24-10-7-20-46(52)50-39-45(35-36-53(50)61)64-58-28-13-8-21-47(58)48-22-9-14-29-59(48)64/h2*1-39H. The summed E-state index contributed by atoms with van der Waals surface area (Å²) in [5.41, 5.74) is 48.0. The molecule has 0 saturated heterocycles. The topological polar surface area (TPSA) is 16.3 Å². The lowest BCUT2D eigenvalue weighted by molar-refractivity contribution is 0.775. The van der Waals surface area contributed by atoms with Crippen LogP contribution in [-0.4, -0.2) is 22.6 Å². The lowest BCUT2D eigenvalue weighted by atomic mass is 9.32. The van der Waals surface area contributed by atoms with Crippen molar-refractivity contribution in [1.29, 1.82) is 0 Å². The maximum atomic E-state index is 2.54. The summed E-state index contributed by atoms with van der Waals surface area (Å²) in [5.74, 6) is 0. The van der Waals surface area contributed by atoms with Crippen molar-refractivity contribution in [2.75, 3.05) is 9.80 Å². The van der Waals surface area contributed by atoms with Crippen LogP contribution in [0.15, 0.2) is 473 Å². The number of rotatable bonds is 10. The normalized spacial score (nSPS) is 14.2. The Morgan fingerprint density at radius 1 is 0.172 bits per heavy atom. The number of hydrogen-bond acceptors (Lipinski definition) is 2. The number of benzene rings is 20. The minimum absolute atomic E-state index is 0.0801. The first-order valence-corrected chi connectivity index (χ1v) is 44.8. The maximum Gasteiger partial charge on any atom is 0.243 e. The Labute approximate surface area is 744 Å². The van der Waals surface area contributed by atoms with Crippen molar-refractivity contribution in [3.05, 3.63) is 518 Å². The number of aromatic nitrogens is 2. The Bertz CT molecular complexity index is 8100. The van der Waals surface area contributed by atoms with Gasteiger partial charge >= 0.3 is 0 Å². The highest BCUT2D eigenvalue weighted by Crippen LogP contribution is 2.60. The van der Waals surface area contributed by atoms with E-state index in [9.17, 15) is 0 Å². The van der Waals surface area contributed by atoms with Gasteiger partial charge in [-0.3, -0.25) is 0 Å². The molecule has 6 heteroatoms. The zero-order valence-corrected chi connectivity index (χ0v) is 70.0. The molecule has 0 N–H and O–H groups in total. The fourth-order valence-electron chi connectivity index (χ4n) is 23.9. The third-order valence-corrected chi connectivity index (χ3v) is 29.0. The lowest BCUT2D eigenvalue weighted by Crippen LogP contribution is -2.59. The molecule has 0 saturated carbocycles. The molecule has 4 nitrogen and oxygen atoms in total. The SMILES string of the molecule is c1ccc(N(c2ccccc2)c2ccc(-c3ccc4c(c3)-c3cccc5c3B4c3cc(-n4c6ccccc6c6ccccc64)ccc3C53c4ccccc4-c4ccccc43)cc2)cc1.c1ccc(N(c2ccccc2)c2ccc(-c3ccc4c(c3)-c3cccc5c3B4c3ccccc3C53c4ccccc4-c4cc(-n5c6ccccc6c6ccccc65)ccc43)cc2)cc1. The van der Waals surface area contributed by atoms with Gasteiger partial charge in [0.25, 0.3) is 0 Å². The minimum Gasteiger partial charge on any atom is -0.311 e. The van der Waals surface area contributed by atoms with Crippen molar-refractivity contribution >= 4 is 124 Å². The molecule has 2 spiro atoms. The second-order valence-electron chi connectivity index (χ2n) is 35.1. The van der Waals surface area contributed by atoms with Crippen LogP contribution < -0.4 is 42.6 Å². The van der Waals surface area contributed by atoms with E-state index in [1.54, 1.807) is 0 Å². The van der Waals surface area contributed by atoms with Crippen LogP contribution in [0, 0.1) is 0 Å². The van der Waals surface area contributed by atoms with Gasteiger partial charge in [-0.05, 0) is 245 Å². The van der Waals surface area contributed by atoms with Gasteiger partial charge < -0.3 is 18.9 Å². The molecule has 28 rings (SSSR count). The molecule has 592 valence electrons. The summed E-state index contributed by atoms with van der Waals surface area (Å²) < 4.78 is 4.93. The number of fused-ring (bicyclic) bond motifs is 30. The summed E-state index contributed by atoms with van der Waals surface area (Å²) in [4.78, 5) is 4.65. The van der Waals surface area contributed by atoms with Gasteiger partial charge in [-0.15, -0.1) is 0 Å². The van der Waals surface area contributed by atoms with Crippen molar-refractivity contribution in [2.24, 2.45) is 0 Å². The third kappa shape index (κ3) is 10.3. The molecule has 1 atom stereocenters. The first-order valence-electron chi connectivity index (χ1n) is 44.8. The van der Waals surface area contributed by atoms with E-state index in [4.69, 9.17) is 0 Å². The van der Waals surface area contributed by atoms with Gasteiger partial charge in [0, 0.05) is 67.0 Å². The van der Waals surface area contributed by atoms with E-state index in [0.29, 0.717) is 0 Å². The molecule has 6 heterocycles. The van der Waals surface area contributed by atoms with Crippen molar-refractivity contribution < 1.29 is 0 Å². The van der Waals surface area contributed by atoms with Crippen molar-refractivity contribution in [3.8, 4) is 78.1 Å². The highest BCUT2D eigenvalue weighted by Gasteiger charge is 2.57. The molecule has 128 heavy (non-hydrogen) atoms.